The molecule has 1 aromatic heterocycles. The first-order chi connectivity index (χ1) is 8.68. The zero-order valence-corrected chi connectivity index (χ0v) is 10.5. The third-order valence-electron chi connectivity index (χ3n) is 4.15. The molecule has 1 aliphatic carbocycles. The predicted octanol–water partition coefficient (Wildman–Crippen LogP) is 0.260. The van der Waals surface area contributed by atoms with Gasteiger partial charge in [0.2, 0.25) is 0 Å². The van der Waals surface area contributed by atoms with Gasteiger partial charge in [-0.2, -0.15) is 0 Å². The molecule has 98 valence electrons. The summed E-state index contributed by atoms with van der Waals surface area (Å²) in [7, 11) is 1.86. The van der Waals surface area contributed by atoms with Gasteiger partial charge in [-0.25, -0.2) is 0 Å². The number of carbonyl (C=O) groups is 1. The van der Waals surface area contributed by atoms with Gasteiger partial charge in [0, 0.05) is 31.8 Å². The number of rotatable bonds is 2. The molecular formula is C13H19N3O2. The maximum atomic E-state index is 12.1. The Bertz CT molecular complexity index is 457. The Hall–Kier alpha value is -1.33. The smallest absolute Gasteiger partial charge is 0.268 e. The van der Waals surface area contributed by atoms with Crippen molar-refractivity contribution >= 4 is 5.91 Å². The van der Waals surface area contributed by atoms with Gasteiger partial charge in [-0.05, 0) is 25.0 Å². The van der Waals surface area contributed by atoms with Crippen LogP contribution < -0.4 is 11.1 Å². The third-order valence-corrected chi connectivity index (χ3v) is 4.15. The quantitative estimate of drug-likeness (QED) is 0.790. The summed E-state index contributed by atoms with van der Waals surface area (Å²) in [5, 5.41) is 3.00. The zero-order valence-electron chi connectivity index (χ0n) is 10.5. The van der Waals surface area contributed by atoms with Crippen LogP contribution in [-0.4, -0.2) is 35.3 Å². The van der Waals surface area contributed by atoms with Crippen LogP contribution in [0.2, 0.25) is 0 Å². The summed E-state index contributed by atoms with van der Waals surface area (Å²) in [4.78, 5) is 12.1. The van der Waals surface area contributed by atoms with E-state index in [9.17, 15) is 4.79 Å². The van der Waals surface area contributed by atoms with Crippen molar-refractivity contribution in [3.63, 3.8) is 0 Å². The summed E-state index contributed by atoms with van der Waals surface area (Å²) in [5.74, 6) is 0.341. The lowest BCUT2D eigenvalue weighted by atomic mass is 9.68. The Labute approximate surface area is 106 Å². The summed E-state index contributed by atoms with van der Waals surface area (Å²) in [5.41, 5.74) is 6.77. The number of aryl methyl sites for hydroxylation is 1. The van der Waals surface area contributed by atoms with E-state index in [1.807, 2.05) is 19.3 Å². The topological polar surface area (TPSA) is 69.3 Å². The maximum absolute atomic E-state index is 12.1. The highest BCUT2D eigenvalue weighted by atomic mass is 16.5. The van der Waals surface area contributed by atoms with Crippen molar-refractivity contribution in [1.82, 2.24) is 9.88 Å². The Morgan fingerprint density at radius 1 is 1.61 bits per heavy atom. The van der Waals surface area contributed by atoms with Crippen molar-refractivity contribution in [2.24, 2.45) is 18.7 Å². The van der Waals surface area contributed by atoms with E-state index in [-0.39, 0.29) is 24.1 Å². The average molecular weight is 249 g/mol. The van der Waals surface area contributed by atoms with E-state index in [1.165, 1.54) is 0 Å². The molecule has 0 aromatic carbocycles. The van der Waals surface area contributed by atoms with Crippen LogP contribution >= 0.6 is 0 Å². The van der Waals surface area contributed by atoms with Crippen molar-refractivity contribution in [1.29, 1.82) is 0 Å². The van der Waals surface area contributed by atoms with Crippen molar-refractivity contribution in [3.8, 4) is 0 Å². The van der Waals surface area contributed by atoms with Crippen molar-refractivity contribution in [2.45, 2.75) is 31.0 Å². The van der Waals surface area contributed by atoms with E-state index < -0.39 is 0 Å². The minimum atomic E-state index is -0.0735. The van der Waals surface area contributed by atoms with Gasteiger partial charge in [-0.1, -0.05) is 0 Å². The fourth-order valence-corrected chi connectivity index (χ4v) is 3.05. The second kappa shape index (κ2) is 4.40. The highest BCUT2D eigenvalue weighted by Gasteiger charge is 2.51. The van der Waals surface area contributed by atoms with Gasteiger partial charge in [0.05, 0.1) is 12.1 Å². The average Bonchev–Trinajstić information content (AvgIpc) is 2.81. The lowest BCUT2D eigenvalue weighted by Crippen LogP contribution is -2.72. The summed E-state index contributed by atoms with van der Waals surface area (Å²) in [6.07, 6.45) is 4.16. The molecule has 1 saturated heterocycles. The van der Waals surface area contributed by atoms with E-state index in [1.54, 1.807) is 10.6 Å². The standard InChI is InChI=1S/C13H19N3O2/c1-16-6-2-5-9(16)13(17)15-11-10(14)8-4-3-7-18-12(8)11/h2,5-6,8,10-12H,3-4,7,14H2,1H3,(H,15,17). The van der Waals surface area contributed by atoms with Gasteiger partial charge in [-0.3, -0.25) is 4.79 Å². The van der Waals surface area contributed by atoms with E-state index in [4.69, 9.17) is 10.5 Å². The molecule has 0 spiro atoms. The van der Waals surface area contributed by atoms with Gasteiger partial charge >= 0.3 is 0 Å². The number of hydrogen-bond donors (Lipinski definition) is 2. The van der Waals surface area contributed by atoms with Crippen molar-refractivity contribution in [3.05, 3.63) is 24.0 Å². The van der Waals surface area contributed by atoms with E-state index in [0.29, 0.717) is 11.6 Å². The van der Waals surface area contributed by atoms with Gasteiger partial charge < -0.3 is 20.4 Å². The Morgan fingerprint density at radius 3 is 3.17 bits per heavy atom. The Morgan fingerprint density at radius 2 is 2.44 bits per heavy atom. The zero-order chi connectivity index (χ0) is 12.7. The highest BCUT2D eigenvalue weighted by Crippen LogP contribution is 2.37. The van der Waals surface area contributed by atoms with E-state index >= 15 is 0 Å². The third kappa shape index (κ3) is 1.74. The number of amides is 1. The molecule has 18 heavy (non-hydrogen) atoms. The van der Waals surface area contributed by atoms with Crippen molar-refractivity contribution in [2.75, 3.05) is 6.61 Å². The molecule has 2 heterocycles. The fourth-order valence-electron chi connectivity index (χ4n) is 3.05. The SMILES string of the molecule is Cn1cccc1C(=O)NC1C(N)C2CCCOC21. The number of nitrogens with zero attached hydrogens (tertiary/aromatic N) is 1. The summed E-state index contributed by atoms with van der Waals surface area (Å²) in [6, 6.07) is 3.64. The monoisotopic (exact) mass is 249 g/mol. The molecule has 1 aliphatic heterocycles. The molecule has 0 radical (unpaired) electrons. The Balaban J connectivity index is 1.67. The molecule has 2 fully saturated rings. The van der Waals surface area contributed by atoms with Gasteiger partial charge in [0.15, 0.2) is 0 Å². The maximum Gasteiger partial charge on any atom is 0.268 e. The molecular weight excluding hydrogens is 230 g/mol. The van der Waals surface area contributed by atoms with Crippen LogP contribution in [0.5, 0.6) is 0 Å². The molecule has 4 unspecified atom stereocenters. The number of nitrogens with two attached hydrogens (primary N) is 1. The van der Waals surface area contributed by atoms with E-state index in [2.05, 4.69) is 5.32 Å². The van der Waals surface area contributed by atoms with Crippen LogP contribution in [0.25, 0.3) is 0 Å². The van der Waals surface area contributed by atoms with Crippen LogP contribution in [0.15, 0.2) is 18.3 Å². The number of hydrogen-bond acceptors (Lipinski definition) is 3. The lowest BCUT2D eigenvalue weighted by Gasteiger charge is -2.52. The minimum Gasteiger partial charge on any atom is -0.376 e. The molecule has 1 aromatic rings. The molecule has 3 N–H and O–H groups in total. The van der Waals surface area contributed by atoms with Crippen LogP contribution in [0, 0.1) is 5.92 Å². The molecule has 2 aliphatic rings. The van der Waals surface area contributed by atoms with Crippen LogP contribution in [-0.2, 0) is 11.8 Å². The molecule has 5 heteroatoms. The normalized spacial score (nSPS) is 34.6. The summed E-state index contributed by atoms with van der Waals surface area (Å²) < 4.78 is 7.51. The van der Waals surface area contributed by atoms with Crippen LogP contribution in [0.3, 0.4) is 0 Å². The predicted molar refractivity (Wildman–Crippen MR) is 67.1 cm³/mol. The van der Waals surface area contributed by atoms with Crippen LogP contribution in [0.1, 0.15) is 23.3 Å². The molecule has 0 bridgehead atoms. The van der Waals surface area contributed by atoms with E-state index in [0.717, 1.165) is 19.4 Å². The first-order valence-corrected chi connectivity index (χ1v) is 6.48. The molecule has 1 amide bonds. The summed E-state index contributed by atoms with van der Waals surface area (Å²) >= 11 is 0. The highest BCUT2D eigenvalue weighted by molar-refractivity contribution is 5.93. The number of fused-ring (bicyclic) bond motifs is 1. The molecule has 3 rings (SSSR count). The largest absolute Gasteiger partial charge is 0.376 e. The van der Waals surface area contributed by atoms with Gasteiger partial charge in [-0.15, -0.1) is 0 Å². The fraction of sp³-hybridized carbons (Fsp3) is 0.615. The number of ether oxygens (including phenoxy) is 1. The van der Waals surface area contributed by atoms with Gasteiger partial charge in [0.25, 0.3) is 5.91 Å². The number of aromatic nitrogens is 1. The van der Waals surface area contributed by atoms with Crippen molar-refractivity contribution < 1.29 is 9.53 Å². The second-order valence-corrected chi connectivity index (χ2v) is 5.22. The number of nitrogens with one attached hydrogen (secondary N) is 1. The lowest BCUT2D eigenvalue weighted by molar-refractivity contribution is -0.117. The first kappa shape index (κ1) is 11.7. The molecule has 1 saturated carbocycles. The molecule has 5 nitrogen and oxygen atoms in total. The summed E-state index contributed by atoms with van der Waals surface area (Å²) in [6.45, 7) is 0.782. The van der Waals surface area contributed by atoms with Crippen LogP contribution in [0.4, 0.5) is 0 Å². The second-order valence-electron chi connectivity index (χ2n) is 5.22. The Kier molecular flexibility index (Phi) is 2.87. The van der Waals surface area contributed by atoms with Gasteiger partial charge in [0.1, 0.15) is 5.69 Å². The number of carbonyl (C=O) groups excluding carboxylic acids is 1. The molecule has 4 atom stereocenters. The first-order valence-electron chi connectivity index (χ1n) is 6.48. The minimum absolute atomic E-state index is 0.0273.